The third-order valence-electron chi connectivity index (χ3n) is 3.74. The van der Waals surface area contributed by atoms with Crippen LogP contribution in [0.25, 0.3) is 0 Å². The van der Waals surface area contributed by atoms with Crippen molar-refractivity contribution >= 4 is 57.2 Å². The summed E-state index contributed by atoms with van der Waals surface area (Å²) < 4.78 is 0. The topological polar surface area (TPSA) is 96.0 Å². The molecule has 2 amide bonds. The maximum atomic E-state index is 12.2. The Morgan fingerprint density at radius 2 is 1.93 bits per heavy atom. The number of rotatable bonds is 8. The number of aromatic nitrogens is 2. The molecule has 1 aromatic carbocycles. The fourth-order valence-electron chi connectivity index (χ4n) is 2.29. The van der Waals surface area contributed by atoms with Crippen molar-refractivity contribution in [2.24, 2.45) is 0 Å². The lowest BCUT2D eigenvalue weighted by atomic mass is 10.3. The Bertz CT molecular complexity index is 997. The predicted octanol–water partition coefficient (Wildman–Crippen LogP) is 4.02. The molecule has 29 heavy (non-hydrogen) atoms. The fourth-order valence-corrected chi connectivity index (χ4v) is 3.30. The van der Waals surface area contributed by atoms with Gasteiger partial charge in [0, 0.05) is 30.2 Å². The molecular weight excluding hydrogens is 433 g/mol. The summed E-state index contributed by atoms with van der Waals surface area (Å²) in [7, 11) is 0. The third kappa shape index (κ3) is 6.42. The zero-order chi connectivity index (χ0) is 20.6. The van der Waals surface area contributed by atoms with Gasteiger partial charge in [0.1, 0.15) is 5.69 Å². The summed E-state index contributed by atoms with van der Waals surface area (Å²) in [6, 6.07) is 10.6. The Morgan fingerprint density at radius 3 is 2.69 bits per heavy atom. The molecule has 2 heterocycles. The van der Waals surface area contributed by atoms with Gasteiger partial charge in [-0.15, -0.1) is 11.3 Å². The molecule has 150 valence electrons. The second kappa shape index (κ2) is 10.2. The maximum absolute atomic E-state index is 12.2. The van der Waals surface area contributed by atoms with Crippen LogP contribution in [-0.4, -0.2) is 28.3 Å². The van der Waals surface area contributed by atoms with Gasteiger partial charge in [-0.1, -0.05) is 29.3 Å². The first kappa shape index (κ1) is 21.0. The number of hydrogen-bond acceptors (Lipinski definition) is 6. The van der Waals surface area contributed by atoms with E-state index in [0.29, 0.717) is 27.4 Å². The van der Waals surface area contributed by atoms with Gasteiger partial charge in [-0.25, -0.2) is 4.98 Å². The predicted molar refractivity (Wildman–Crippen MR) is 115 cm³/mol. The lowest BCUT2D eigenvalue weighted by Gasteiger charge is -2.06. The SMILES string of the molecule is O=C(CCNC(=O)c1csc(Nc2ccc(Cl)c(Cl)c2)n1)NCc1ccccn1. The number of anilines is 2. The van der Waals surface area contributed by atoms with Gasteiger partial charge in [0.25, 0.3) is 5.91 Å². The highest BCUT2D eigenvalue weighted by Crippen LogP contribution is 2.28. The van der Waals surface area contributed by atoms with Crippen LogP contribution in [-0.2, 0) is 11.3 Å². The van der Waals surface area contributed by atoms with Gasteiger partial charge in [-0.2, -0.15) is 0 Å². The number of nitrogens with one attached hydrogen (secondary N) is 3. The van der Waals surface area contributed by atoms with Gasteiger partial charge in [-0.05, 0) is 30.3 Å². The van der Waals surface area contributed by atoms with E-state index in [-0.39, 0.29) is 30.5 Å². The summed E-state index contributed by atoms with van der Waals surface area (Å²) in [5, 5.41) is 11.6. The standard InChI is InChI=1S/C19H17Cl2N5O2S/c20-14-5-4-12(9-15(14)21)25-19-26-16(11-29-19)18(28)23-8-6-17(27)24-10-13-3-1-2-7-22-13/h1-5,7,9,11H,6,8,10H2,(H,23,28)(H,24,27)(H,25,26). The molecular formula is C19H17Cl2N5O2S. The van der Waals surface area contributed by atoms with Gasteiger partial charge >= 0.3 is 0 Å². The minimum Gasteiger partial charge on any atom is -0.350 e. The first-order valence-electron chi connectivity index (χ1n) is 8.63. The van der Waals surface area contributed by atoms with E-state index in [1.807, 2.05) is 18.2 Å². The molecule has 0 aliphatic carbocycles. The lowest BCUT2D eigenvalue weighted by Crippen LogP contribution is -2.30. The molecule has 7 nitrogen and oxygen atoms in total. The zero-order valence-electron chi connectivity index (χ0n) is 15.1. The Kier molecular flexibility index (Phi) is 7.40. The number of benzene rings is 1. The number of carbonyl (C=O) groups excluding carboxylic acids is 2. The minimum atomic E-state index is -0.346. The molecule has 10 heteroatoms. The molecule has 0 atom stereocenters. The Labute approximate surface area is 181 Å². The summed E-state index contributed by atoms with van der Waals surface area (Å²) in [5.74, 6) is -0.517. The summed E-state index contributed by atoms with van der Waals surface area (Å²) in [6.07, 6.45) is 1.83. The molecule has 0 unspecified atom stereocenters. The Hall–Kier alpha value is -2.68. The first-order valence-corrected chi connectivity index (χ1v) is 10.3. The van der Waals surface area contributed by atoms with Crippen LogP contribution in [0.2, 0.25) is 10.0 Å². The average molecular weight is 450 g/mol. The van der Waals surface area contributed by atoms with E-state index in [0.717, 1.165) is 5.69 Å². The van der Waals surface area contributed by atoms with Crippen LogP contribution in [0.3, 0.4) is 0 Å². The lowest BCUT2D eigenvalue weighted by molar-refractivity contribution is -0.121. The number of pyridine rings is 1. The van der Waals surface area contributed by atoms with Crippen LogP contribution in [0, 0.1) is 0 Å². The van der Waals surface area contributed by atoms with Gasteiger partial charge in [-0.3, -0.25) is 14.6 Å². The normalized spacial score (nSPS) is 10.4. The molecule has 3 aromatic rings. The highest BCUT2D eigenvalue weighted by Gasteiger charge is 2.12. The average Bonchev–Trinajstić information content (AvgIpc) is 3.18. The second-order valence-electron chi connectivity index (χ2n) is 5.90. The number of halogens is 2. The third-order valence-corrected chi connectivity index (χ3v) is 5.23. The van der Waals surface area contributed by atoms with E-state index in [2.05, 4.69) is 25.9 Å². The van der Waals surface area contributed by atoms with Crippen LogP contribution in [0.15, 0.2) is 48.0 Å². The molecule has 0 radical (unpaired) electrons. The highest BCUT2D eigenvalue weighted by molar-refractivity contribution is 7.14. The van der Waals surface area contributed by atoms with Gasteiger partial charge < -0.3 is 16.0 Å². The van der Waals surface area contributed by atoms with Gasteiger partial charge in [0.2, 0.25) is 5.91 Å². The Morgan fingerprint density at radius 1 is 1.07 bits per heavy atom. The van der Waals surface area contributed by atoms with Crippen molar-refractivity contribution in [2.75, 3.05) is 11.9 Å². The van der Waals surface area contributed by atoms with Crippen molar-refractivity contribution in [1.82, 2.24) is 20.6 Å². The molecule has 3 rings (SSSR count). The van der Waals surface area contributed by atoms with Crippen molar-refractivity contribution in [3.63, 3.8) is 0 Å². The van der Waals surface area contributed by atoms with Crippen LogP contribution in [0.4, 0.5) is 10.8 Å². The van der Waals surface area contributed by atoms with E-state index in [4.69, 9.17) is 23.2 Å². The van der Waals surface area contributed by atoms with Crippen molar-refractivity contribution < 1.29 is 9.59 Å². The minimum absolute atomic E-state index is 0.164. The van der Waals surface area contributed by atoms with Crippen molar-refractivity contribution in [3.05, 3.63) is 69.4 Å². The summed E-state index contributed by atoms with van der Waals surface area (Å²) >= 11 is 13.2. The van der Waals surface area contributed by atoms with Crippen LogP contribution < -0.4 is 16.0 Å². The second-order valence-corrected chi connectivity index (χ2v) is 7.57. The number of thiazole rings is 1. The molecule has 0 spiro atoms. The zero-order valence-corrected chi connectivity index (χ0v) is 17.4. The maximum Gasteiger partial charge on any atom is 0.270 e. The summed E-state index contributed by atoms with van der Waals surface area (Å²) in [6.45, 7) is 0.559. The first-order chi connectivity index (χ1) is 14.0. The fraction of sp³-hybridized carbons (Fsp3) is 0.158. The smallest absolute Gasteiger partial charge is 0.270 e. The molecule has 0 saturated heterocycles. The Balaban J connectivity index is 1.42. The number of amides is 2. The molecule has 2 aromatic heterocycles. The summed E-state index contributed by atoms with van der Waals surface area (Å²) in [4.78, 5) is 32.4. The van der Waals surface area contributed by atoms with Crippen molar-refractivity contribution in [3.8, 4) is 0 Å². The van der Waals surface area contributed by atoms with Crippen molar-refractivity contribution in [2.45, 2.75) is 13.0 Å². The molecule has 0 bridgehead atoms. The van der Waals surface area contributed by atoms with Crippen molar-refractivity contribution in [1.29, 1.82) is 0 Å². The quantitative estimate of drug-likeness (QED) is 0.482. The van der Waals surface area contributed by atoms with E-state index < -0.39 is 0 Å². The number of hydrogen-bond donors (Lipinski definition) is 3. The molecule has 0 aliphatic rings. The van der Waals surface area contributed by atoms with Gasteiger partial charge in [0.05, 0.1) is 22.3 Å². The van der Waals surface area contributed by atoms with E-state index >= 15 is 0 Å². The van der Waals surface area contributed by atoms with Gasteiger partial charge in [0.15, 0.2) is 5.13 Å². The molecule has 0 saturated carbocycles. The molecule has 3 N–H and O–H groups in total. The van der Waals surface area contributed by atoms with Crippen LogP contribution >= 0.6 is 34.5 Å². The van der Waals surface area contributed by atoms with Crippen LogP contribution in [0.5, 0.6) is 0 Å². The monoisotopic (exact) mass is 449 g/mol. The van der Waals surface area contributed by atoms with Crippen LogP contribution in [0.1, 0.15) is 22.6 Å². The number of carbonyl (C=O) groups is 2. The largest absolute Gasteiger partial charge is 0.350 e. The number of nitrogens with zero attached hydrogens (tertiary/aromatic N) is 2. The molecule has 0 aliphatic heterocycles. The highest BCUT2D eigenvalue weighted by atomic mass is 35.5. The molecule has 0 fully saturated rings. The van der Waals surface area contributed by atoms with E-state index in [9.17, 15) is 9.59 Å². The van der Waals surface area contributed by atoms with E-state index in [1.165, 1.54) is 11.3 Å². The van der Waals surface area contributed by atoms with E-state index in [1.54, 1.807) is 29.8 Å². The summed E-state index contributed by atoms with van der Waals surface area (Å²) in [5.41, 5.74) is 1.76.